The van der Waals surface area contributed by atoms with Gasteiger partial charge in [-0.1, -0.05) is 19.3 Å². The normalized spacial score (nSPS) is 25.1. The Morgan fingerprint density at radius 2 is 2.00 bits per heavy atom. The summed E-state index contributed by atoms with van der Waals surface area (Å²) in [6.07, 6.45) is 7.97. The third-order valence-corrected chi connectivity index (χ3v) is 2.91. The topological polar surface area (TPSA) is 26.3 Å². The minimum Gasteiger partial charge on any atom is -0.298 e. The van der Waals surface area contributed by atoms with Crippen LogP contribution in [0.3, 0.4) is 0 Å². The van der Waals surface area contributed by atoms with Gasteiger partial charge in [0.15, 0.2) is 0 Å². The first kappa shape index (κ1) is 10.1. The van der Waals surface area contributed by atoms with Crippen molar-refractivity contribution in [2.24, 2.45) is 5.92 Å². The van der Waals surface area contributed by atoms with Crippen molar-refractivity contribution in [2.75, 3.05) is 12.9 Å². The van der Waals surface area contributed by atoms with E-state index in [9.17, 15) is 4.21 Å². The van der Waals surface area contributed by atoms with Crippen molar-refractivity contribution in [1.82, 2.24) is 0 Å². The molecule has 12 heavy (non-hydrogen) atoms. The van der Waals surface area contributed by atoms with Crippen LogP contribution in [-0.4, -0.2) is 22.9 Å². The van der Waals surface area contributed by atoms with Crippen LogP contribution < -0.4 is 0 Å². The van der Waals surface area contributed by atoms with E-state index in [1.807, 2.05) is 0 Å². The fourth-order valence-electron chi connectivity index (χ4n) is 1.59. The zero-order chi connectivity index (χ0) is 9.03. The average molecular weight is 190 g/mol. The zero-order valence-corrected chi connectivity index (χ0v) is 8.57. The molecule has 0 aromatic carbocycles. The largest absolute Gasteiger partial charge is 0.298 e. The summed E-state index contributed by atoms with van der Waals surface area (Å²) in [4.78, 5) is 0. The molecule has 0 radical (unpaired) electrons. The highest BCUT2D eigenvalue weighted by molar-refractivity contribution is 7.95. The molecule has 0 N–H and O–H groups in total. The molecule has 0 bridgehead atoms. The quantitative estimate of drug-likeness (QED) is 0.635. The average Bonchev–Trinajstić information content (AvgIpc) is 2.02. The summed E-state index contributed by atoms with van der Waals surface area (Å²) < 4.78 is 16.3. The fourth-order valence-corrected chi connectivity index (χ4v) is 2.07. The molecule has 1 unspecified atom stereocenters. The SMILES string of the molecule is C=S(C)(=O)OCC1CCCCC1. The van der Waals surface area contributed by atoms with Gasteiger partial charge in [-0.3, -0.25) is 4.18 Å². The minimum atomic E-state index is -2.22. The van der Waals surface area contributed by atoms with Gasteiger partial charge in [-0.15, -0.1) is 0 Å². The Balaban J connectivity index is 2.22. The lowest BCUT2D eigenvalue weighted by Crippen LogP contribution is -2.15. The van der Waals surface area contributed by atoms with Gasteiger partial charge in [0.2, 0.25) is 0 Å². The molecule has 1 fully saturated rings. The molecule has 72 valence electrons. The summed E-state index contributed by atoms with van der Waals surface area (Å²) in [6, 6.07) is 0. The molecule has 3 heteroatoms. The van der Waals surface area contributed by atoms with Gasteiger partial charge in [-0.25, -0.2) is 4.21 Å². The highest BCUT2D eigenvalue weighted by Crippen LogP contribution is 2.23. The standard InChI is InChI=1S/C9H18O2S/c1-12(2,10)11-8-9-6-4-3-5-7-9/h9H,1,3-8H2,2H3. The lowest BCUT2D eigenvalue weighted by Gasteiger charge is -2.21. The molecule has 0 spiro atoms. The summed E-state index contributed by atoms with van der Waals surface area (Å²) in [7, 11) is -2.22. The minimum absolute atomic E-state index is 0.626. The van der Waals surface area contributed by atoms with Crippen molar-refractivity contribution in [2.45, 2.75) is 32.1 Å². The number of hydrogen-bond donors (Lipinski definition) is 0. The molecule has 0 aromatic rings. The molecule has 0 amide bonds. The Kier molecular flexibility index (Phi) is 3.59. The van der Waals surface area contributed by atoms with E-state index in [1.54, 1.807) is 6.26 Å². The van der Waals surface area contributed by atoms with Crippen molar-refractivity contribution < 1.29 is 8.39 Å². The van der Waals surface area contributed by atoms with Crippen molar-refractivity contribution in [1.29, 1.82) is 0 Å². The van der Waals surface area contributed by atoms with E-state index in [-0.39, 0.29) is 0 Å². The molecule has 1 rings (SSSR count). The van der Waals surface area contributed by atoms with Gasteiger partial charge in [0.25, 0.3) is 0 Å². The monoisotopic (exact) mass is 190 g/mol. The second-order valence-corrected chi connectivity index (χ2v) is 5.80. The Hall–Kier alpha value is -0.0200. The second kappa shape index (κ2) is 4.28. The van der Waals surface area contributed by atoms with Crippen molar-refractivity contribution >= 4 is 15.7 Å². The van der Waals surface area contributed by atoms with Crippen molar-refractivity contribution in [3.05, 3.63) is 0 Å². The van der Waals surface area contributed by atoms with Crippen LogP contribution in [0.15, 0.2) is 0 Å². The van der Waals surface area contributed by atoms with Gasteiger partial charge in [-0.2, -0.15) is 0 Å². The summed E-state index contributed by atoms with van der Waals surface area (Å²) in [5.41, 5.74) is 0. The predicted octanol–water partition coefficient (Wildman–Crippen LogP) is 1.84. The maximum Gasteiger partial charge on any atom is 0.0741 e. The molecule has 1 atom stereocenters. The number of rotatable bonds is 3. The first-order valence-corrected chi connectivity index (χ1v) is 6.60. The van der Waals surface area contributed by atoms with Gasteiger partial charge >= 0.3 is 0 Å². The molecule has 0 heterocycles. The molecular weight excluding hydrogens is 172 g/mol. The Morgan fingerprint density at radius 1 is 1.42 bits per heavy atom. The van der Waals surface area contributed by atoms with E-state index in [0.717, 1.165) is 0 Å². The van der Waals surface area contributed by atoms with Crippen LogP contribution >= 0.6 is 0 Å². The molecular formula is C9H18O2S. The summed E-state index contributed by atoms with van der Waals surface area (Å²) >= 11 is 0. The van der Waals surface area contributed by atoms with Crippen LogP contribution in [0.5, 0.6) is 0 Å². The summed E-state index contributed by atoms with van der Waals surface area (Å²) in [5.74, 6) is 4.09. The van der Waals surface area contributed by atoms with Crippen molar-refractivity contribution in [3.8, 4) is 0 Å². The van der Waals surface area contributed by atoms with E-state index in [1.165, 1.54) is 32.1 Å². The maximum atomic E-state index is 11.1. The van der Waals surface area contributed by atoms with Crippen LogP contribution in [0.4, 0.5) is 0 Å². The first-order chi connectivity index (χ1) is 5.58. The summed E-state index contributed by atoms with van der Waals surface area (Å²) in [5, 5.41) is 0. The second-order valence-electron chi connectivity index (χ2n) is 3.71. The van der Waals surface area contributed by atoms with Gasteiger partial charge in [0.1, 0.15) is 0 Å². The Labute approximate surface area is 75.5 Å². The van der Waals surface area contributed by atoms with E-state index in [2.05, 4.69) is 5.87 Å². The van der Waals surface area contributed by atoms with Crippen LogP contribution in [-0.2, 0) is 14.0 Å². The third kappa shape index (κ3) is 4.12. The predicted molar refractivity (Wildman–Crippen MR) is 53.7 cm³/mol. The lowest BCUT2D eigenvalue weighted by molar-refractivity contribution is 0.225. The molecule has 0 aromatic heterocycles. The molecule has 1 aliphatic carbocycles. The molecule has 1 saturated carbocycles. The van der Waals surface area contributed by atoms with Crippen LogP contribution in [0.25, 0.3) is 0 Å². The Bertz CT molecular complexity index is 213. The molecule has 2 nitrogen and oxygen atoms in total. The highest BCUT2D eigenvalue weighted by atomic mass is 32.2. The van der Waals surface area contributed by atoms with Crippen LogP contribution in [0, 0.1) is 5.92 Å². The van der Waals surface area contributed by atoms with Crippen LogP contribution in [0.2, 0.25) is 0 Å². The smallest absolute Gasteiger partial charge is 0.0741 e. The van der Waals surface area contributed by atoms with E-state index in [4.69, 9.17) is 4.18 Å². The first-order valence-electron chi connectivity index (χ1n) is 4.54. The van der Waals surface area contributed by atoms with Crippen LogP contribution in [0.1, 0.15) is 32.1 Å². The van der Waals surface area contributed by atoms with E-state index < -0.39 is 9.80 Å². The Morgan fingerprint density at radius 3 is 2.50 bits per heavy atom. The third-order valence-electron chi connectivity index (χ3n) is 2.28. The summed E-state index contributed by atoms with van der Waals surface area (Å²) in [6.45, 7) is 0.638. The number of hydrogen-bond acceptors (Lipinski definition) is 2. The van der Waals surface area contributed by atoms with Crippen molar-refractivity contribution in [3.63, 3.8) is 0 Å². The lowest BCUT2D eigenvalue weighted by atomic mass is 9.90. The molecule has 0 saturated heterocycles. The van der Waals surface area contributed by atoms with E-state index in [0.29, 0.717) is 12.5 Å². The molecule has 1 aliphatic rings. The van der Waals surface area contributed by atoms with Gasteiger partial charge in [0, 0.05) is 6.26 Å². The van der Waals surface area contributed by atoms with E-state index >= 15 is 0 Å². The zero-order valence-electron chi connectivity index (χ0n) is 7.75. The maximum absolute atomic E-state index is 11.1. The molecule has 0 aliphatic heterocycles. The van der Waals surface area contributed by atoms with Gasteiger partial charge in [0.05, 0.1) is 16.4 Å². The van der Waals surface area contributed by atoms with Gasteiger partial charge < -0.3 is 0 Å². The fraction of sp³-hybridized carbons (Fsp3) is 0.889. The highest BCUT2D eigenvalue weighted by Gasteiger charge is 2.14. The van der Waals surface area contributed by atoms with Gasteiger partial charge in [-0.05, 0) is 24.6 Å².